The third-order valence-electron chi connectivity index (χ3n) is 7.00. The molecule has 0 aromatic rings. The van der Waals surface area contributed by atoms with Crippen LogP contribution >= 0.6 is 31.9 Å². The van der Waals surface area contributed by atoms with E-state index in [9.17, 15) is 4.79 Å². The molecular weight excluding hydrogens is 532 g/mol. The summed E-state index contributed by atoms with van der Waals surface area (Å²) in [6.45, 7) is 24.4. The lowest BCUT2D eigenvalue weighted by Crippen LogP contribution is -2.60. The van der Waals surface area contributed by atoms with Crippen molar-refractivity contribution in [3.8, 4) is 0 Å². The molecule has 5 nitrogen and oxygen atoms in total. The van der Waals surface area contributed by atoms with E-state index >= 15 is 0 Å². The molecule has 0 spiro atoms. The number of carbonyl (C=O) groups is 1. The molecule has 0 aromatic heterocycles. The van der Waals surface area contributed by atoms with Gasteiger partial charge < -0.3 is 9.80 Å². The zero-order valence-corrected chi connectivity index (χ0v) is 24.7. The van der Waals surface area contributed by atoms with Crippen LogP contribution in [0.3, 0.4) is 0 Å². The Morgan fingerprint density at radius 2 is 0.969 bits per heavy atom. The Morgan fingerprint density at radius 3 is 1.22 bits per heavy atom. The predicted molar refractivity (Wildman–Crippen MR) is 144 cm³/mol. The van der Waals surface area contributed by atoms with Gasteiger partial charge >= 0.3 is 0 Å². The molecule has 0 radical (unpaired) electrons. The number of carbonyl (C=O) groups excluding carboxylic acids is 1. The molecule has 2 aliphatic rings. The van der Waals surface area contributed by atoms with Crippen molar-refractivity contribution in [2.24, 2.45) is 10.8 Å². The van der Waals surface area contributed by atoms with Crippen molar-refractivity contribution >= 4 is 37.6 Å². The highest BCUT2D eigenvalue weighted by Gasteiger charge is 2.36. The van der Waals surface area contributed by atoms with Gasteiger partial charge in [-0.1, -0.05) is 73.4 Å². The quantitative estimate of drug-likeness (QED) is 0.362. The maximum atomic E-state index is 13.6. The van der Waals surface area contributed by atoms with Crippen LogP contribution in [0.25, 0.3) is 0 Å². The Kier molecular flexibility index (Phi) is 11.6. The highest BCUT2D eigenvalue weighted by molar-refractivity contribution is 9.09. The van der Waals surface area contributed by atoms with Crippen LogP contribution in [0.1, 0.15) is 54.4 Å². The summed E-state index contributed by atoms with van der Waals surface area (Å²) in [4.78, 5) is 23.6. The molecule has 0 bridgehead atoms. The lowest BCUT2D eigenvalue weighted by molar-refractivity contribution is -0.129. The van der Waals surface area contributed by atoms with Crippen LogP contribution < -0.4 is 0 Å². The van der Waals surface area contributed by atoms with E-state index in [1.54, 1.807) is 0 Å². The van der Waals surface area contributed by atoms with Gasteiger partial charge in [0.25, 0.3) is 0 Å². The zero-order chi connectivity index (χ0) is 23.9. The highest BCUT2D eigenvalue weighted by atomic mass is 79.9. The Bertz CT molecular complexity index is 511. The van der Waals surface area contributed by atoms with Gasteiger partial charge in [-0.2, -0.15) is 0 Å². The van der Waals surface area contributed by atoms with Gasteiger partial charge in [0.15, 0.2) is 5.78 Å². The van der Waals surface area contributed by atoms with Gasteiger partial charge in [-0.3, -0.25) is 14.6 Å². The molecule has 32 heavy (non-hydrogen) atoms. The number of hydrogen-bond acceptors (Lipinski definition) is 5. The summed E-state index contributed by atoms with van der Waals surface area (Å²) in [5, 5.41) is 1.45. The Labute approximate surface area is 214 Å². The Morgan fingerprint density at radius 1 is 0.656 bits per heavy atom. The molecule has 188 valence electrons. The average molecular weight is 580 g/mol. The summed E-state index contributed by atoms with van der Waals surface area (Å²) in [7, 11) is 0. The van der Waals surface area contributed by atoms with Gasteiger partial charge in [0, 0.05) is 63.0 Å². The zero-order valence-electron chi connectivity index (χ0n) is 21.5. The van der Waals surface area contributed by atoms with E-state index in [1.165, 1.54) is 12.8 Å². The number of rotatable bonds is 10. The van der Waals surface area contributed by atoms with Crippen LogP contribution in [0.4, 0.5) is 0 Å². The maximum Gasteiger partial charge on any atom is 0.168 e. The lowest BCUT2D eigenvalue weighted by Gasteiger charge is -2.42. The van der Waals surface area contributed by atoms with Crippen molar-refractivity contribution in [2.45, 2.75) is 66.5 Å². The highest BCUT2D eigenvalue weighted by Crippen LogP contribution is 2.22. The number of ketones is 1. The fourth-order valence-corrected chi connectivity index (χ4v) is 5.97. The number of Topliss-reactive ketones (excluding diaryl/α,β-unsaturated/α-hetero) is 1. The smallest absolute Gasteiger partial charge is 0.168 e. The maximum absolute atomic E-state index is 13.6. The molecule has 0 aromatic carbocycles. The van der Waals surface area contributed by atoms with E-state index in [2.05, 4.69) is 93.0 Å². The van der Waals surface area contributed by atoms with Gasteiger partial charge in [-0.15, -0.1) is 0 Å². The van der Waals surface area contributed by atoms with E-state index in [0.717, 1.165) is 76.1 Å². The van der Waals surface area contributed by atoms with Crippen molar-refractivity contribution < 1.29 is 4.79 Å². The average Bonchev–Trinajstić information content (AvgIpc) is 2.72. The molecule has 7 heteroatoms. The molecule has 2 saturated heterocycles. The minimum absolute atomic E-state index is 0.0266. The van der Waals surface area contributed by atoms with Gasteiger partial charge in [0.05, 0.1) is 12.1 Å². The van der Waals surface area contributed by atoms with Gasteiger partial charge in [0.1, 0.15) is 0 Å². The van der Waals surface area contributed by atoms with Gasteiger partial charge in [-0.25, -0.2) is 0 Å². The Balaban J connectivity index is 1.85. The molecule has 2 fully saturated rings. The van der Waals surface area contributed by atoms with Crippen molar-refractivity contribution in [3.63, 3.8) is 0 Å². The number of halogens is 2. The molecule has 2 atom stereocenters. The summed E-state index contributed by atoms with van der Waals surface area (Å²) in [6.07, 6.45) is 2.45. The third-order valence-corrected chi connectivity index (χ3v) is 8.23. The van der Waals surface area contributed by atoms with E-state index in [4.69, 9.17) is 0 Å². The van der Waals surface area contributed by atoms with E-state index in [1.807, 2.05) is 0 Å². The minimum atomic E-state index is -0.0266. The molecule has 0 amide bonds. The normalized spacial score (nSPS) is 22.8. The lowest BCUT2D eigenvalue weighted by atomic mass is 9.92. The van der Waals surface area contributed by atoms with Crippen LogP contribution in [0.2, 0.25) is 0 Å². The second-order valence-electron chi connectivity index (χ2n) is 12.1. The van der Waals surface area contributed by atoms with Crippen LogP contribution in [0.15, 0.2) is 0 Å². The molecule has 0 aliphatic carbocycles. The molecule has 2 heterocycles. The summed E-state index contributed by atoms with van der Waals surface area (Å²) >= 11 is 7.35. The van der Waals surface area contributed by atoms with Crippen molar-refractivity contribution in [2.75, 3.05) is 76.1 Å². The minimum Gasteiger partial charge on any atom is -0.301 e. The first-order valence-corrected chi connectivity index (χ1v) is 14.8. The first-order chi connectivity index (χ1) is 14.9. The number of nitrogens with zero attached hydrogens (tertiary/aromatic N) is 4. The standard InChI is InChI=1S/C25H48Br2N4O/c1-24(2,3)7-9-28-11-15-30(16-12-28)21(19-26)23(32)22(20-27)31-17-13-29(14-18-31)10-8-25(4,5)6/h21-22H,7-20H2,1-6H3. The van der Waals surface area contributed by atoms with Crippen LogP contribution in [-0.4, -0.2) is 114 Å². The van der Waals surface area contributed by atoms with Crippen LogP contribution in [0.5, 0.6) is 0 Å². The third kappa shape index (κ3) is 9.61. The summed E-state index contributed by atoms with van der Waals surface area (Å²) in [6, 6.07) is -0.0533. The predicted octanol–water partition coefficient (Wildman–Crippen LogP) is 4.19. The number of alkyl halides is 2. The van der Waals surface area contributed by atoms with Crippen molar-refractivity contribution in [1.29, 1.82) is 0 Å². The fourth-order valence-electron chi connectivity index (χ4n) is 4.51. The number of piperazine rings is 2. The fraction of sp³-hybridized carbons (Fsp3) is 0.960. The molecule has 0 N–H and O–H groups in total. The SMILES string of the molecule is CC(C)(C)CCN1CCN(C(CBr)C(=O)C(CBr)N2CCN(CCC(C)(C)C)CC2)CC1. The summed E-state index contributed by atoms with van der Waals surface area (Å²) in [5.41, 5.74) is 0.761. The topological polar surface area (TPSA) is 30.0 Å². The summed E-state index contributed by atoms with van der Waals surface area (Å²) < 4.78 is 0. The van der Waals surface area contributed by atoms with E-state index in [-0.39, 0.29) is 12.1 Å². The van der Waals surface area contributed by atoms with Crippen molar-refractivity contribution in [1.82, 2.24) is 19.6 Å². The first kappa shape index (κ1) is 28.7. The van der Waals surface area contributed by atoms with Gasteiger partial charge in [0.2, 0.25) is 0 Å². The van der Waals surface area contributed by atoms with Crippen LogP contribution in [0, 0.1) is 10.8 Å². The number of hydrogen-bond donors (Lipinski definition) is 0. The molecule has 2 unspecified atom stereocenters. The molecule has 2 aliphatic heterocycles. The molecule has 2 rings (SSSR count). The Hall–Kier alpha value is 0.470. The largest absolute Gasteiger partial charge is 0.301 e. The van der Waals surface area contributed by atoms with Gasteiger partial charge in [-0.05, 0) is 36.8 Å². The summed E-state index contributed by atoms with van der Waals surface area (Å²) in [5.74, 6) is 0.380. The molecule has 0 saturated carbocycles. The monoisotopic (exact) mass is 578 g/mol. The van der Waals surface area contributed by atoms with Crippen molar-refractivity contribution in [3.05, 3.63) is 0 Å². The van der Waals surface area contributed by atoms with E-state index < -0.39 is 0 Å². The van der Waals surface area contributed by atoms with Crippen LogP contribution in [-0.2, 0) is 4.79 Å². The second-order valence-corrected chi connectivity index (χ2v) is 13.4. The van der Waals surface area contributed by atoms with E-state index in [0.29, 0.717) is 16.6 Å². The second kappa shape index (κ2) is 13.0. The molecular formula is C25H48Br2N4O. The first-order valence-electron chi connectivity index (χ1n) is 12.5.